The van der Waals surface area contributed by atoms with Crippen LogP contribution in [0.15, 0.2) is 6.07 Å². The van der Waals surface area contributed by atoms with Gasteiger partial charge in [-0.1, -0.05) is 19.3 Å². The largest absolute Gasteiger partial charge is 0.481 e. The lowest BCUT2D eigenvalue weighted by atomic mass is 10.1. The zero-order valence-electron chi connectivity index (χ0n) is 16.1. The Kier molecular flexibility index (Phi) is 10.4. The van der Waals surface area contributed by atoms with E-state index >= 15 is 0 Å². The van der Waals surface area contributed by atoms with Crippen molar-refractivity contribution in [3.05, 3.63) is 11.7 Å². The van der Waals surface area contributed by atoms with Crippen molar-refractivity contribution in [3.8, 4) is 0 Å². The van der Waals surface area contributed by atoms with E-state index in [0.717, 1.165) is 45.2 Å². The summed E-state index contributed by atoms with van der Waals surface area (Å²) < 4.78 is 0.577. The van der Waals surface area contributed by atoms with Crippen molar-refractivity contribution in [3.63, 3.8) is 0 Å². The highest BCUT2D eigenvalue weighted by Gasteiger charge is 2.13. The van der Waals surface area contributed by atoms with E-state index < -0.39 is 11.9 Å². The first-order valence-electron chi connectivity index (χ1n) is 9.63. The molecule has 0 saturated carbocycles. The molecule has 0 bridgehead atoms. The molecular formula is C18H31N5O5. The smallest absolute Gasteiger partial charge is 0.303 e. The van der Waals surface area contributed by atoms with Gasteiger partial charge in [-0.05, 0) is 32.1 Å². The van der Waals surface area contributed by atoms with Crippen molar-refractivity contribution in [1.82, 2.24) is 9.71 Å². The summed E-state index contributed by atoms with van der Waals surface area (Å²) in [5, 5.41) is 33.3. The first-order chi connectivity index (χ1) is 13.3. The Morgan fingerprint density at radius 1 is 1.00 bits per heavy atom. The zero-order valence-corrected chi connectivity index (χ0v) is 16.1. The second kappa shape index (κ2) is 12.6. The fraction of sp³-hybridized carbons (Fsp3) is 0.667. The third-order valence-corrected chi connectivity index (χ3v) is 4.40. The summed E-state index contributed by atoms with van der Waals surface area (Å²) in [6.45, 7) is 1.89. The van der Waals surface area contributed by atoms with Crippen molar-refractivity contribution in [2.45, 2.75) is 64.2 Å². The maximum absolute atomic E-state index is 10.1. The van der Waals surface area contributed by atoms with E-state index in [-0.39, 0.29) is 24.3 Å². The van der Waals surface area contributed by atoms with Crippen LogP contribution >= 0.6 is 0 Å². The summed E-state index contributed by atoms with van der Waals surface area (Å²) in [6, 6.07) is 1.60. The van der Waals surface area contributed by atoms with Crippen molar-refractivity contribution in [2.24, 2.45) is 0 Å². The van der Waals surface area contributed by atoms with Crippen LogP contribution in [0.1, 0.15) is 64.2 Å². The maximum Gasteiger partial charge on any atom is 0.303 e. The fourth-order valence-corrected chi connectivity index (χ4v) is 2.87. The molecule has 10 nitrogen and oxygen atoms in total. The highest BCUT2D eigenvalue weighted by atomic mass is 16.5. The molecule has 1 aliphatic rings. The second-order valence-corrected chi connectivity index (χ2v) is 6.78. The topological polar surface area (TPSA) is 166 Å². The van der Waals surface area contributed by atoms with E-state index in [1.807, 2.05) is 0 Å². The number of nitrogens with two attached hydrogens (primary N) is 1. The van der Waals surface area contributed by atoms with Gasteiger partial charge in [-0.25, -0.2) is 0 Å². The predicted octanol–water partition coefficient (Wildman–Crippen LogP) is 2.06. The number of unbranched alkanes of at least 4 members (excludes halogenated alkanes) is 4. The molecule has 2 rings (SSSR count). The zero-order chi connectivity index (χ0) is 20.9. The normalized spacial score (nSPS) is 13.5. The van der Waals surface area contributed by atoms with E-state index in [2.05, 4.69) is 9.88 Å². The lowest BCUT2D eigenvalue weighted by Gasteiger charge is -2.27. The minimum Gasteiger partial charge on any atom is -0.481 e. The number of aliphatic carboxylic acids is 2. The minimum atomic E-state index is -0.759. The average molecular weight is 397 g/mol. The maximum atomic E-state index is 10.1. The summed E-state index contributed by atoms with van der Waals surface area (Å²) in [4.78, 5) is 26.3. The number of carbonyl (C=O) groups is 2. The van der Waals surface area contributed by atoms with Crippen molar-refractivity contribution < 1.29 is 25.0 Å². The molecule has 10 heteroatoms. The minimum absolute atomic E-state index is 0.149. The molecule has 28 heavy (non-hydrogen) atoms. The van der Waals surface area contributed by atoms with Crippen LogP contribution in [0.2, 0.25) is 0 Å². The molecule has 0 radical (unpaired) electrons. The average Bonchev–Trinajstić information content (AvgIpc) is 2.65. The van der Waals surface area contributed by atoms with Crippen LogP contribution in [0.5, 0.6) is 0 Å². The standard InChI is InChI=1S/C9H15N5O.C9H16O4/c10-7-6-8(12-9(11)14(7)15)13-4-2-1-3-5-13;10-8(11)6-4-2-1-3-5-7-9(12)13/h6,11,15H,1-5,10H2;1-7H2,(H,10,11)(H,12,13). The van der Waals surface area contributed by atoms with Crippen LogP contribution in [0.4, 0.5) is 11.6 Å². The number of hydrogen-bond donors (Lipinski definition) is 5. The molecule has 1 aliphatic heterocycles. The Labute approximate surface area is 164 Å². The van der Waals surface area contributed by atoms with Gasteiger partial charge in [0.05, 0.1) is 0 Å². The number of piperidine rings is 1. The molecule has 2 heterocycles. The first-order valence-corrected chi connectivity index (χ1v) is 9.63. The van der Waals surface area contributed by atoms with E-state index in [1.165, 1.54) is 6.42 Å². The third-order valence-electron chi connectivity index (χ3n) is 4.40. The molecule has 0 amide bonds. The van der Waals surface area contributed by atoms with E-state index in [4.69, 9.17) is 21.4 Å². The Hall–Kier alpha value is -2.78. The van der Waals surface area contributed by atoms with Gasteiger partial charge in [-0.15, -0.1) is 4.73 Å². The molecular weight excluding hydrogens is 366 g/mol. The summed E-state index contributed by atoms with van der Waals surface area (Å²) in [6.07, 6.45) is 8.06. The number of hydrogen-bond acceptors (Lipinski definition) is 7. The molecule has 0 atom stereocenters. The van der Waals surface area contributed by atoms with Crippen molar-refractivity contribution >= 4 is 23.6 Å². The fourth-order valence-electron chi connectivity index (χ4n) is 2.87. The molecule has 1 aromatic rings. The molecule has 1 fully saturated rings. The number of nitrogens with zero attached hydrogens (tertiary/aromatic N) is 3. The van der Waals surface area contributed by atoms with Crippen molar-refractivity contribution in [1.29, 1.82) is 5.41 Å². The van der Waals surface area contributed by atoms with Gasteiger partial charge in [0.2, 0.25) is 0 Å². The highest BCUT2D eigenvalue weighted by Crippen LogP contribution is 2.17. The molecule has 0 aliphatic carbocycles. The van der Waals surface area contributed by atoms with Gasteiger partial charge < -0.3 is 26.1 Å². The SMILES string of the molecule is N=c1nc(N2CCCCC2)cc(N)n1O.O=C(O)CCCCCCCC(=O)O. The van der Waals surface area contributed by atoms with Gasteiger partial charge in [0, 0.05) is 32.0 Å². The van der Waals surface area contributed by atoms with Gasteiger partial charge in [-0.3, -0.25) is 15.0 Å². The van der Waals surface area contributed by atoms with Gasteiger partial charge in [0.15, 0.2) is 0 Å². The molecule has 0 unspecified atom stereocenters. The number of nitrogens with one attached hydrogen (secondary N) is 1. The van der Waals surface area contributed by atoms with Crippen LogP contribution in [0.3, 0.4) is 0 Å². The molecule has 6 N–H and O–H groups in total. The predicted molar refractivity (Wildman–Crippen MR) is 103 cm³/mol. The van der Waals surface area contributed by atoms with Crippen LogP contribution in [-0.2, 0) is 9.59 Å². The highest BCUT2D eigenvalue weighted by molar-refractivity contribution is 5.66. The Morgan fingerprint density at radius 2 is 1.50 bits per heavy atom. The molecule has 0 aromatic carbocycles. The Balaban J connectivity index is 0.000000284. The number of rotatable bonds is 9. The monoisotopic (exact) mass is 397 g/mol. The van der Waals surface area contributed by atoms with Crippen LogP contribution in [-0.4, -0.2) is 50.2 Å². The number of aromatic nitrogens is 2. The molecule has 0 spiro atoms. The summed E-state index contributed by atoms with van der Waals surface area (Å²) >= 11 is 0. The van der Waals surface area contributed by atoms with Gasteiger partial charge in [0.25, 0.3) is 5.62 Å². The third kappa shape index (κ3) is 9.24. The number of carboxylic acids is 2. The van der Waals surface area contributed by atoms with Gasteiger partial charge in [-0.2, -0.15) is 4.98 Å². The Bertz CT molecular complexity index is 667. The number of carboxylic acid groups (broad SMARTS) is 2. The van der Waals surface area contributed by atoms with E-state index in [1.54, 1.807) is 6.07 Å². The van der Waals surface area contributed by atoms with Crippen molar-refractivity contribution in [2.75, 3.05) is 23.7 Å². The van der Waals surface area contributed by atoms with Crippen LogP contribution in [0.25, 0.3) is 0 Å². The quantitative estimate of drug-likeness (QED) is 0.312. The molecule has 1 aromatic heterocycles. The number of anilines is 2. The Morgan fingerprint density at radius 3 is 1.96 bits per heavy atom. The summed E-state index contributed by atoms with van der Waals surface area (Å²) in [7, 11) is 0. The second-order valence-electron chi connectivity index (χ2n) is 6.78. The van der Waals surface area contributed by atoms with Gasteiger partial charge in [0.1, 0.15) is 11.6 Å². The lowest BCUT2D eigenvalue weighted by Crippen LogP contribution is -2.33. The number of nitrogen functional groups attached to an aromatic ring is 1. The molecule has 158 valence electrons. The van der Waals surface area contributed by atoms with Gasteiger partial charge >= 0.3 is 11.9 Å². The van der Waals surface area contributed by atoms with Crippen LogP contribution < -0.4 is 16.3 Å². The van der Waals surface area contributed by atoms with Crippen LogP contribution in [0, 0.1) is 5.41 Å². The first kappa shape index (κ1) is 23.3. The van der Waals surface area contributed by atoms with E-state index in [0.29, 0.717) is 23.4 Å². The summed E-state index contributed by atoms with van der Waals surface area (Å²) in [5.74, 6) is -0.686. The molecule has 1 saturated heterocycles. The van der Waals surface area contributed by atoms with E-state index in [9.17, 15) is 14.8 Å². The lowest BCUT2D eigenvalue weighted by molar-refractivity contribution is -0.138. The summed E-state index contributed by atoms with van der Waals surface area (Å²) in [5.41, 5.74) is 5.33.